The van der Waals surface area contributed by atoms with Gasteiger partial charge in [0.05, 0.1) is 22.0 Å². The number of phenols is 1. The molecule has 9 heteroatoms. The first-order valence-electron chi connectivity index (χ1n) is 8.42. The zero-order valence-electron chi connectivity index (χ0n) is 15.0. The number of aromatic hydroxyl groups is 1. The Kier molecular flexibility index (Phi) is 8.18. The molecule has 0 saturated heterocycles. The number of hydrogen-bond acceptors (Lipinski definition) is 5. The zero-order valence-corrected chi connectivity index (χ0v) is 17.2. The zero-order chi connectivity index (χ0) is 20.5. The highest BCUT2D eigenvalue weighted by atomic mass is 127. The Morgan fingerprint density at radius 3 is 2.79 bits per heavy atom. The molecular formula is C19H19FIN3O4. The Hall–Kier alpha value is -2.69. The lowest BCUT2D eigenvalue weighted by Gasteiger charge is -2.08. The summed E-state index contributed by atoms with van der Waals surface area (Å²) in [7, 11) is 0. The number of hydrogen-bond donors (Lipinski definition) is 3. The fourth-order valence-corrected chi connectivity index (χ4v) is 2.82. The van der Waals surface area contributed by atoms with E-state index in [-0.39, 0.29) is 24.3 Å². The summed E-state index contributed by atoms with van der Waals surface area (Å²) in [6.07, 6.45) is 1.40. The molecule has 0 radical (unpaired) electrons. The highest BCUT2D eigenvalue weighted by molar-refractivity contribution is 14.1. The van der Waals surface area contributed by atoms with Crippen LogP contribution >= 0.6 is 22.6 Å². The lowest BCUT2D eigenvalue weighted by Crippen LogP contribution is -2.29. The van der Waals surface area contributed by atoms with E-state index in [0.29, 0.717) is 21.5 Å². The molecule has 0 aliphatic heterocycles. The van der Waals surface area contributed by atoms with E-state index in [9.17, 15) is 19.1 Å². The molecule has 0 aromatic heterocycles. The van der Waals surface area contributed by atoms with Crippen molar-refractivity contribution in [3.05, 3.63) is 56.9 Å². The molecule has 0 fully saturated rings. The van der Waals surface area contributed by atoms with Gasteiger partial charge in [0.2, 0.25) is 5.91 Å². The Morgan fingerprint density at radius 2 is 2.07 bits per heavy atom. The van der Waals surface area contributed by atoms with Gasteiger partial charge in [-0.25, -0.2) is 9.82 Å². The lowest BCUT2D eigenvalue weighted by molar-refractivity contribution is -0.120. The van der Waals surface area contributed by atoms with Crippen molar-refractivity contribution in [2.45, 2.75) is 13.3 Å². The first-order chi connectivity index (χ1) is 13.4. The Balaban J connectivity index is 1.82. The summed E-state index contributed by atoms with van der Waals surface area (Å²) < 4.78 is 19.4. The summed E-state index contributed by atoms with van der Waals surface area (Å²) in [5.41, 5.74) is 2.90. The highest BCUT2D eigenvalue weighted by Gasteiger charge is 2.11. The summed E-state index contributed by atoms with van der Waals surface area (Å²) in [4.78, 5) is 23.6. The largest absolute Gasteiger partial charge is 0.504 e. The van der Waals surface area contributed by atoms with Crippen molar-refractivity contribution < 1.29 is 23.8 Å². The van der Waals surface area contributed by atoms with Gasteiger partial charge in [-0.05, 0) is 59.3 Å². The SMILES string of the molecule is CCOc1cc(/C=N/NC(=O)CCNC(=O)c2ccccc2F)cc(I)c1O. The molecule has 0 aliphatic rings. The molecular weight excluding hydrogens is 480 g/mol. The van der Waals surface area contributed by atoms with Crippen LogP contribution in [-0.2, 0) is 4.79 Å². The number of rotatable bonds is 8. The maximum Gasteiger partial charge on any atom is 0.254 e. The van der Waals surface area contributed by atoms with Crippen molar-refractivity contribution in [2.24, 2.45) is 5.10 Å². The van der Waals surface area contributed by atoms with Crippen molar-refractivity contribution >= 4 is 40.6 Å². The predicted octanol–water partition coefficient (Wildman–Crippen LogP) is 2.80. The number of nitrogens with one attached hydrogen (secondary N) is 2. The molecule has 0 aliphatic carbocycles. The van der Waals surface area contributed by atoms with Gasteiger partial charge in [-0.15, -0.1) is 0 Å². The van der Waals surface area contributed by atoms with Crippen molar-refractivity contribution in [1.29, 1.82) is 0 Å². The molecule has 3 N–H and O–H groups in total. The topological polar surface area (TPSA) is 100 Å². The van der Waals surface area contributed by atoms with E-state index in [4.69, 9.17) is 4.74 Å². The number of phenolic OH excluding ortho intramolecular Hbond substituents is 1. The molecule has 148 valence electrons. The molecule has 2 rings (SSSR count). The van der Waals surface area contributed by atoms with Crippen LogP contribution in [0, 0.1) is 9.39 Å². The summed E-state index contributed by atoms with van der Waals surface area (Å²) >= 11 is 1.97. The smallest absolute Gasteiger partial charge is 0.254 e. The third-order valence-corrected chi connectivity index (χ3v) is 4.33. The minimum atomic E-state index is -0.621. The van der Waals surface area contributed by atoms with Crippen LogP contribution in [0.2, 0.25) is 0 Å². The molecule has 0 bridgehead atoms. The summed E-state index contributed by atoms with van der Waals surface area (Å²) in [6.45, 7) is 2.25. The first kappa shape index (κ1) is 21.6. The maximum absolute atomic E-state index is 13.5. The van der Waals surface area contributed by atoms with Gasteiger partial charge in [0, 0.05) is 13.0 Å². The molecule has 28 heavy (non-hydrogen) atoms. The first-order valence-corrected chi connectivity index (χ1v) is 9.50. The summed E-state index contributed by atoms with van der Waals surface area (Å²) in [5.74, 6) is -1.24. The molecule has 7 nitrogen and oxygen atoms in total. The van der Waals surface area contributed by atoms with Crippen LogP contribution in [0.1, 0.15) is 29.3 Å². The molecule has 0 unspecified atom stereocenters. The van der Waals surface area contributed by atoms with Gasteiger partial charge in [0.15, 0.2) is 11.5 Å². The van der Waals surface area contributed by atoms with E-state index < -0.39 is 17.6 Å². The molecule has 0 spiro atoms. The quantitative estimate of drug-likeness (QED) is 0.296. The number of hydrazone groups is 1. The van der Waals surface area contributed by atoms with Crippen LogP contribution in [0.25, 0.3) is 0 Å². The van der Waals surface area contributed by atoms with Gasteiger partial charge < -0.3 is 15.2 Å². The van der Waals surface area contributed by atoms with E-state index >= 15 is 0 Å². The summed E-state index contributed by atoms with van der Waals surface area (Å²) in [6, 6.07) is 8.89. The van der Waals surface area contributed by atoms with Crippen LogP contribution in [-0.4, -0.2) is 36.3 Å². The predicted molar refractivity (Wildman–Crippen MR) is 111 cm³/mol. The van der Waals surface area contributed by atoms with E-state index in [1.54, 1.807) is 25.1 Å². The highest BCUT2D eigenvalue weighted by Crippen LogP contribution is 2.32. The standard InChI is InChI=1S/C19H19FIN3O4/c1-2-28-16-10-12(9-15(21)18(16)26)11-23-24-17(25)7-8-22-19(27)13-5-3-4-6-14(13)20/h3-6,9-11,26H,2,7-8H2,1H3,(H,22,27)(H,24,25)/b23-11+. The molecule has 2 aromatic rings. The number of carbonyl (C=O) groups excluding carboxylic acids is 2. The third kappa shape index (κ3) is 6.19. The van der Waals surface area contributed by atoms with Gasteiger partial charge in [-0.2, -0.15) is 5.10 Å². The Morgan fingerprint density at radius 1 is 1.32 bits per heavy atom. The van der Waals surface area contributed by atoms with E-state index in [2.05, 4.69) is 15.8 Å². The van der Waals surface area contributed by atoms with Crippen LogP contribution in [0.15, 0.2) is 41.5 Å². The van der Waals surface area contributed by atoms with Crippen LogP contribution in [0.4, 0.5) is 4.39 Å². The van der Waals surface area contributed by atoms with Crippen molar-refractivity contribution in [3.8, 4) is 11.5 Å². The Bertz CT molecular complexity index is 889. The number of nitrogens with zero attached hydrogens (tertiary/aromatic N) is 1. The minimum Gasteiger partial charge on any atom is -0.504 e. The minimum absolute atomic E-state index is 0.0190. The number of amides is 2. The van der Waals surface area contributed by atoms with E-state index in [1.165, 1.54) is 24.4 Å². The maximum atomic E-state index is 13.5. The number of halogens is 2. The third-order valence-electron chi connectivity index (χ3n) is 3.51. The normalized spacial score (nSPS) is 10.7. The van der Waals surface area contributed by atoms with Crippen LogP contribution in [0.5, 0.6) is 11.5 Å². The Labute approximate surface area is 175 Å². The van der Waals surface area contributed by atoms with E-state index in [0.717, 1.165) is 0 Å². The fourth-order valence-electron chi connectivity index (χ4n) is 2.20. The lowest BCUT2D eigenvalue weighted by atomic mass is 10.2. The summed E-state index contributed by atoms with van der Waals surface area (Å²) in [5, 5.41) is 16.2. The van der Waals surface area contributed by atoms with Crippen molar-refractivity contribution in [3.63, 3.8) is 0 Å². The molecule has 2 aromatic carbocycles. The number of carbonyl (C=O) groups is 2. The second-order valence-corrected chi connectivity index (χ2v) is 6.72. The average Bonchev–Trinajstić information content (AvgIpc) is 2.66. The average molecular weight is 499 g/mol. The van der Waals surface area contributed by atoms with Gasteiger partial charge in [0.25, 0.3) is 5.91 Å². The van der Waals surface area contributed by atoms with Gasteiger partial charge in [-0.3, -0.25) is 9.59 Å². The van der Waals surface area contributed by atoms with Gasteiger partial charge in [0.1, 0.15) is 5.82 Å². The van der Waals surface area contributed by atoms with Crippen molar-refractivity contribution in [2.75, 3.05) is 13.2 Å². The second-order valence-electron chi connectivity index (χ2n) is 5.56. The molecule has 0 saturated carbocycles. The second kappa shape index (κ2) is 10.6. The van der Waals surface area contributed by atoms with Gasteiger partial charge in [-0.1, -0.05) is 12.1 Å². The van der Waals surface area contributed by atoms with E-state index in [1.807, 2.05) is 22.6 Å². The molecule has 0 atom stereocenters. The fraction of sp³-hybridized carbons (Fsp3) is 0.211. The number of benzene rings is 2. The molecule has 2 amide bonds. The van der Waals surface area contributed by atoms with Crippen molar-refractivity contribution in [1.82, 2.24) is 10.7 Å². The van der Waals surface area contributed by atoms with Crippen LogP contribution < -0.4 is 15.5 Å². The van der Waals surface area contributed by atoms with Crippen LogP contribution in [0.3, 0.4) is 0 Å². The van der Waals surface area contributed by atoms with Gasteiger partial charge >= 0.3 is 0 Å². The molecule has 0 heterocycles. The number of ether oxygens (including phenoxy) is 1. The monoisotopic (exact) mass is 499 g/mol.